The molecule has 0 amide bonds. The van der Waals surface area contributed by atoms with Crippen LogP contribution in [0.1, 0.15) is 20.8 Å². The Morgan fingerprint density at radius 1 is 0.750 bits per heavy atom. The normalized spacial score (nSPS) is 9.00. The van der Waals surface area contributed by atoms with Crippen molar-refractivity contribution in [2.24, 2.45) is 0 Å². The maximum atomic E-state index is 2.38. The SMILES string of the molecule is CCN(CC)CC.CN(C)C.Cl. The van der Waals surface area contributed by atoms with Gasteiger partial charge in [0.2, 0.25) is 0 Å². The fraction of sp³-hybridized carbons (Fsp3) is 1.00. The fourth-order valence-electron chi connectivity index (χ4n) is 0.671. The number of nitrogens with zero attached hydrogens (tertiary/aromatic N) is 2. The van der Waals surface area contributed by atoms with Gasteiger partial charge in [0.1, 0.15) is 0 Å². The summed E-state index contributed by atoms with van der Waals surface area (Å²) in [6, 6.07) is 0. The van der Waals surface area contributed by atoms with Crippen molar-refractivity contribution < 1.29 is 0 Å². The predicted molar refractivity (Wildman–Crippen MR) is 60.3 cm³/mol. The molecule has 0 rings (SSSR count). The maximum Gasteiger partial charge on any atom is -0.00474 e. The summed E-state index contributed by atoms with van der Waals surface area (Å²) in [7, 11) is 6.00. The van der Waals surface area contributed by atoms with Gasteiger partial charge in [0, 0.05) is 0 Å². The third-order valence-corrected chi connectivity index (χ3v) is 1.34. The van der Waals surface area contributed by atoms with Gasteiger partial charge in [-0.3, -0.25) is 0 Å². The van der Waals surface area contributed by atoms with Crippen LogP contribution in [0.2, 0.25) is 0 Å². The lowest BCUT2D eigenvalue weighted by Gasteiger charge is -2.13. The molecule has 0 aromatic heterocycles. The van der Waals surface area contributed by atoms with Crippen LogP contribution < -0.4 is 0 Å². The van der Waals surface area contributed by atoms with Crippen LogP contribution in [0.3, 0.4) is 0 Å². The molecule has 2 nitrogen and oxygen atoms in total. The second-order valence-electron chi connectivity index (χ2n) is 2.96. The molecule has 0 spiro atoms. The lowest BCUT2D eigenvalue weighted by molar-refractivity contribution is 0.321. The van der Waals surface area contributed by atoms with Gasteiger partial charge in [0.15, 0.2) is 0 Å². The molecule has 0 heterocycles. The summed E-state index contributed by atoms with van der Waals surface area (Å²) in [4.78, 5) is 4.38. The van der Waals surface area contributed by atoms with Gasteiger partial charge in [0.25, 0.3) is 0 Å². The third-order valence-electron chi connectivity index (χ3n) is 1.34. The fourth-order valence-corrected chi connectivity index (χ4v) is 0.671. The van der Waals surface area contributed by atoms with Crippen molar-refractivity contribution in [1.29, 1.82) is 0 Å². The highest BCUT2D eigenvalue weighted by molar-refractivity contribution is 5.85. The van der Waals surface area contributed by atoms with Crippen molar-refractivity contribution in [2.75, 3.05) is 40.8 Å². The van der Waals surface area contributed by atoms with E-state index in [0.29, 0.717) is 0 Å². The summed E-state index contributed by atoms with van der Waals surface area (Å²) in [6.45, 7) is 10.1. The monoisotopic (exact) mass is 196 g/mol. The van der Waals surface area contributed by atoms with Gasteiger partial charge in [-0.25, -0.2) is 0 Å². The standard InChI is InChI=1S/C6H15N.C3H9N.ClH/c1-4-7(5-2)6-3;1-4(2)3;/h4-6H2,1-3H3;1-3H3;1H. The molecule has 0 aliphatic rings. The van der Waals surface area contributed by atoms with Crippen molar-refractivity contribution in [2.45, 2.75) is 20.8 Å². The molecule has 0 radical (unpaired) electrons. The molecular weight excluding hydrogens is 172 g/mol. The first-order chi connectivity index (χ1) is 5.08. The Balaban J connectivity index is -0.000000142. The van der Waals surface area contributed by atoms with Crippen LogP contribution in [0.4, 0.5) is 0 Å². The number of hydrogen-bond acceptors (Lipinski definition) is 2. The predicted octanol–water partition coefficient (Wildman–Crippen LogP) is 1.95. The molecule has 0 fully saturated rings. The van der Waals surface area contributed by atoms with Crippen LogP contribution in [0.15, 0.2) is 0 Å². The van der Waals surface area contributed by atoms with E-state index in [-0.39, 0.29) is 12.4 Å². The van der Waals surface area contributed by atoms with Gasteiger partial charge >= 0.3 is 0 Å². The number of halogens is 1. The minimum Gasteiger partial charge on any atom is -0.312 e. The summed E-state index contributed by atoms with van der Waals surface area (Å²) >= 11 is 0. The summed E-state index contributed by atoms with van der Waals surface area (Å²) in [5.74, 6) is 0. The molecule has 0 N–H and O–H groups in total. The lowest BCUT2D eigenvalue weighted by Crippen LogP contribution is -2.21. The highest BCUT2D eigenvalue weighted by Gasteiger charge is 1.89. The van der Waals surface area contributed by atoms with Crippen LogP contribution in [-0.2, 0) is 0 Å². The van der Waals surface area contributed by atoms with E-state index in [9.17, 15) is 0 Å². The smallest absolute Gasteiger partial charge is 0.00474 e. The molecule has 0 saturated heterocycles. The lowest BCUT2D eigenvalue weighted by atomic mass is 10.5. The van der Waals surface area contributed by atoms with E-state index in [1.165, 1.54) is 19.6 Å². The molecule has 0 aliphatic heterocycles. The van der Waals surface area contributed by atoms with Crippen LogP contribution >= 0.6 is 12.4 Å². The van der Waals surface area contributed by atoms with Gasteiger partial charge in [-0.1, -0.05) is 20.8 Å². The van der Waals surface area contributed by atoms with Gasteiger partial charge in [-0.15, -0.1) is 12.4 Å². The molecule has 0 bridgehead atoms. The average molecular weight is 197 g/mol. The molecule has 0 aromatic carbocycles. The first-order valence-corrected chi connectivity index (χ1v) is 4.41. The molecule has 0 aromatic rings. The van der Waals surface area contributed by atoms with E-state index in [2.05, 4.69) is 25.7 Å². The Morgan fingerprint density at radius 3 is 0.917 bits per heavy atom. The highest BCUT2D eigenvalue weighted by Crippen LogP contribution is 1.81. The van der Waals surface area contributed by atoms with Gasteiger partial charge < -0.3 is 9.80 Å². The third kappa shape index (κ3) is 22.5. The largest absolute Gasteiger partial charge is 0.312 e. The maximum absolute atomic E-state index is 2.38. The number of rotatable bonds is 3. The Labute approximate surface area is 84.3 Å². The zero-order valence-electron chi connectivity index (χ0n) is 9.42. The molecule has 0 atom stereocenters. The minimum atomic E-state index is 0. The first kappa shape index (κ1) is 18.1. The summed E-state index contributed by atoms with van der Waals surface area (Å²) in [6.07, 6.45) is 0. The molecule has 0 saturated carbocycles. The van der Waals surface area contributed by atoms with Crippen LogP contribution in [-0.4, -0.2) is 50.6 Å². The molecule has 0 unspecified atom stereocenters. The van der Waals surface area contributed by atoms with Crippen LogP contribution in [0.5, 0.6) is 0 Å². The number of hydrogen-bond donors (Lipinski definition) is 0. The van der Waals surface area contributed by atoms with E-state index >= 15 is 0 Å². The van der Waals surface area contributed by atoms with Crippen molar-refractivity contribution in [3.8, 4) is 0 Å². The molecule has 78 valence electrons. The molecule has 3 heteroatoms. The van der Waals surface area contributed by atoms with Gasteiger partial charge in [-0.05, 0) is 40.8 Å². The topological polar surface area (TPSA) is 6.48 Å². The summed E-state index contributed by atoms with van der Waals surface area (Å²) < 4.78 is 0. The Morgan fingerprint density at radius 2 is 0.917 bits per heavy atom. The van der Waals surface area contributed by atoms with Crippen molar-refractivity contribution in [3.63, 3.8) is 0 Å². The van der Waals surface area contributed by atoms with E-state index in [1.54, 1.807) is 0 Å². The van der Waals surface area contributed by atoms with Crippen LogP contribution in [0.25, 0.3) is 0 Å². The molecular formula is C9H25ClN2. The van der Waals surface area contributed by atoms with Crippen molar-refractivity contribution in [1.82, 2.24) is 9.80 Å². The summed E-state index contributed by atoms with van der Waals surface area (Å²) in [5, 5.41) is 0. The van der Waals surface area contributed by atoms with Crippen molar-refractivity contribution in [3.05, 3.63) is 0 Å². The first-order valence-electron chi connectivity index (χ1n) is 4.41. The van der Waals surface area contributed by atoms with Gasteiger partial charge in [-0.2, -0.15) is 0 Å². The Kier molecular flexibility index (Phi) is 20.8. The zero-order chi connectivity index (χ0) is 9.28. The van der Waals surface area contributed by atoms with Gasteiger partial charge in [0.05, 0.1) is 0 Å². The second kappa shape index (κ2) is 13.8. The average Bonchev–Trinajstić information content (AvgIpc) is 1.90. The van der Waals surface area contributed by atoms with E-state index < -0.39 is 0 Å². The quantitative estimate of drug-likeness (QED) is 0.681. The van der Waals surface area contributed by atoms with Crippen LogP contribution in [0, 0.1) is 0 Å². The summed E-state index contributed by atoms with van der Waals surface area (Å²) in [5.41, 5.74) is 0. The van der Waals surface area contributed by atoms with Crippen molar-refractivity contribution >= 4 is 12.4 Å². The van der Waals surface area contributed by atoms with E-state index in [0.717, 1.165) is 0 Å². The molecule has 0 aliphatic carbocycles. The zero-order valence-corrected chi connectivity index (χ0v) is 10.2. The molecule has 12 heavy (non-hydrogen) atoms. The Hall–Kier alpha value is 0.210. The van der Waals surface area contributed by atoms with E-state index in [1.807, 2.05) is 26.0 Å². The minimum absolute atomic E-state index is 0. The second-order valence-corrected chi connectivity index (χ2v) is 2.96. The highest BCUT2D eigenvalue weighted by atomic mass is 35.5. The van der Waals surface area contributed by atoms with E-state index in [4.69, 9.17) is 0 Å². The Bertz CT molecular complexity index is 55.3.